The summed E-state index contributed by atoms with van der Waals surface area (Å²) in [6, 6.07) is 8.86. The summed E-state index contributed by atoms with van der Waals surface area (Å²) in [7, 11) is 0. The molecule has 0 aliphatic heterocycles. The van der Waals surface area contributed by atoms with Crippen molar-refractivity contribution in [3.8, 4) is 0 Å². The lowest BCUT2D eigenvalue weighted by Gasteiger charge is -2.09. The molecule has 0 radical (unpaired) electrons. The average molecular weight is 313 g/mol. The fraction of sp³-hybridized carbons (Fsp3) is 0.0714. The number of nitrogens with two attached hydrogens (primary N) is 1. The van der Waals surface area contributed by atoms with Crippen molar-refractivity contribution >= 4 is 34.8 Å². The van der Waals surface area contributed by atoms with E-state index in [1.54, 1.807) is 12.1 Å². The van der Waals surface area contributed by atoms with Gasteiger partial charge in [0.1, 0.15) is 5.82 Å². The Labute approximate surface area is 125 Å². The van der Waals surface area contributed by atoms with Gasteiger partial charge in [-0.1, -0.05) is 35.3 Å². The molecule has 0 heterocycles. The predicted molar refractivity (Wildman–Crippen MR) is 78.4 cm³/mol. The lowest BCUT2D eigenvalue weighted by Crippen LogP contribution is -2.23. The average Bonchev–Trinajstić information content (AvgIpc) is 2.40. The maximum Gasteiger partial charge on any atom is 0.253 e. The molecular weight excluding hydrogens is 302 g/mol. The molecule has 104 valence electrons. The molecule has 0 aliphatic rings. The van der Waals surface area contributed by atoms with E-state index in [1.807, 2.05) is 0 Å². The van der Waals surface area contributed by atoms with Gasteiger partial charge in [-0.3, -0.25) is 4.79 Å². The molecular formula is C14H11Cl2FN2O. The first-order valence-electron chi connectivity index (χ1n) is 5.74. The fourth-order valence-corrected chi connectivity index (χ4v) is 2.12. The van der Waals surface area contributed by atoms with E-state index in [4.69, 9.17) is 28.9 Å². The third-order valence-corrected chi connectivity index (χ3v) is 3.44. The summed E-state index contributed by atoms with van der Waals surface area (Å²) in [5, 5.41) is 2.98. The first kappa shape index (κ1) is 14.6. The Bertz CT molecular complexity index is 662. The number of anilines is 1. The Morgan fingerprint density at radius 3 is 2.70 bits per heavy atom. The van der Waals surface area contributed by atoms with Crippen LogP contribution in [-0.2, 0) is 6.54 Å². The van der Waals surface area contributed by atoms with E-state index in [0.717, 1.165) is 0 Å². The number of halogens is 3. The molecule has 3 nitrogen and oxygen atoms in total. The van der Waals surface area contributed by atoms with Gasteiger partial charge in [-0.15, -0.1) is 0 Å². The van der Waals surface area contributed by atoms with E-state index in [-0.39, 0.29) is 28.0 Å². The highest BCUT2D eigenvalue weighted by Crippen LogP contribution is 2.28. The summed E-state index contributed by atoms with van der Waals surface area (Å²) >= 11 is 11.8. The van der Waals surface area contributed by atoms with Crippen LogP contribution in [0.25, 0.3) is 0 Å². The summed E-state index contributed by atoms with van der Waals surface area (Å²) in [6.07, 6.45) is 0. The molecule has 6 heteroatoms. The van der Waals surface area contributed by atoms with E-state index in [9.17, 15) is 9.18 Å². The van der Waals surface area contributed by atoms with Crippen LogP contribution in [-0.4, -0.2) is 5.91 Å². The summed E-state index contributed by atoms with van der Waals surface area (Å²) in [5.74, 6) is -0.782. The van der Waals surface area contributed by atoms with Crippen LogP contribution in [0, 0.1) is 5.82 Å². The standard InChI is InChI=1S/C14H11Cl2FN2O/c15-12-6-10(18)5-11(13(12)16)14(20)19-7-8-2-1-3-9(17)4-8/h1-6H,7,18H2,(H,19,20). The quantitative estimate of drug-likeness (QED) is 0.850. The number of nitrogen functional groups attached to an aromatic ring is 1. The zero-order valence-corrected chi connectivity index (χ0v) is 11.8. The molecule has 2 aromatic rings. The zero-order valence-electron chi connectivity index (χ0n) is 10.3. The summed E-state index contributed by atoms with van der Waals surface area (Å²) < 4.78 is 13.0. The van der Waals surface area contributed by atoms with Gasteiger partial charge in [-0.05, 0) is 29.8 Å². The summed E-state index contributed by atoms with van der Waals surface area (Å²) in [5.41, 5.74) is 6.79. The predicted octanol–water partition coefficient (Wildman–Crippen LogP) is 3.64. The van der Waals surface area contributed by atoms with Gasteiger partial charge >= 0.3 is 0 Å². The molecule has 0 aliphatic carbocycles. The van der Waals surface area contributed by atoms with Crippen molar-refractivity contribution in [2.45, 2.75) is 6.54 Å². The normalized spacial score (nSPS) is 10.3. The molecule has 0 fully saturated rings. The Balaban J connectivity index is 2.13. The molecule has 0 bridgehead atoms. The van der Waals surface area contributed by atoms with Gasteiger partial charge in [0.25, 0.3) is 5.91 Å². The van der Waals surface area contributed by atoms with Gasteiger partial charge in [0.15, 0.2) is 0 Å². The Hall–Kier alpha value is -1.78. The van der Waals surface area contributed by atoms with Gasteiger partial charge in [0, 0.05) is 12.2 Å². The molecule has 0 atom stereocenters. The van der Waals surface area contributed by atoms with Crippen LogP contribution < -0.4 is 11.1 Å². The molecule has 0 aromatic heterocycles. The lowest BCUT2D eigenvalue weighted by molar-refractivity contribution is 0.0951. The van der Waals surface area contributed by atoms with Crippen molar-refractivity contribution in [3.05, 3.63) is 63.4 Å². The van der Waals surface area contributed by atoms with Crippen molar-refractivity contribution in [2.75, 3.05) is 5.73 Å². The highest BCUT2D eigenvalue weighted by atomic mass is 35.5. The number of rotatable bonds is 3. The van der Waals surface area contributed by atoms with Crippen LogP contribution in [0.15, 0.2) is 36.4 Å². The highest BCUT2D eigenvalue weighted by molar-refractivity contribution is 6.44. The van der Waals surface area contributed by atoms with Crippen molar-refractivity contribution in [1.82, 2.24) is 5.32 Å². The molecule has 0 unspecified atom stereocenters. The number of benzene rings is 2. The van der Waals surface area contributed by atoms with Crippen LogP contribution >= 0.6 is 23.2 Å². The number of carbonyl (C=O) groups excluding carboxylic acids is 1. The number of carbonyl (C=O) groups is 1. The second kappa shape index (κ2) is 6.11. The van der Waals surface area contributed by atoms with Crippen molar-refractivity contribution in [3.63, 3.8) is 0 Å². The maximum atomic E-state index is 13.0. The SMILES string of the molecule is Nc1cc(Cl)c(Cl)c(C(=O)NCc2cccc(F)c2)c1. The Kier molecular flexibility index (Phi) is 4.47. The van der Waals surface area contributed by atoms with Gasteiger partial charge in [0.05, 0.1) is 15.6 Å². The van der Waals surface area contributed by atoms with Crippen molar-refractivity contribution in [1.29, 1.82) is 0 Å². The molecule has 20 heavy (non-hydrogen) atoms. The van der Waals surface area contributed by atoms with Crippen LogP contribution in [0.1, 0.15) is 15.9 Å². The van der Waals surface area contributed by atoms with E-state index < -0.39 is 5.91 Å². The smallest absolute Gasteiger partial charge is 0.253 e. The second-order valence-corrected chi connectivity index (χ2v) is 4.96. The topological polar surface area (TPSA) is 55.1 Å². The van der Waals surface area contributed by atoms with Crippen LogP contribution in [0.5, 0.6) is 0 Å². The van der Waals surface area contributed by atoms with Gasteiger partial charge in [0.2, 0.25) is 0 Å². The molecule has 2 rings (SSSR count). The van der Waals surface area contributed by atoms with E-state index >= 15 is 0 Å². The fourth-order valence-electron chi connectivity index (χ4n) is 1.70. The number of hydrogen-bond acceptors (Lipinski definition) is 2. The first-order chi connectivity index (χ1) is 9.47. The highest BCUT2D eigenvalue weighted by Gasteiger charge is 2.14. The van der Waals surface area contributed by atoms with Crippen LogP contribution in [0.4, 0.5) is 10.1 Å². The van der Waals surface area contributed by atoms with Gasteiger partial charge in [-0.25, -0.2) is 4.39 Å². The molecule has 3 N–H and O–H groups in total. The minimum Gasteiger partial charge on any atom is -0.399 e. The molecule has 1 amide bonds. The van der Waals surface area contributed by atoms with E-state index in [1.165, 1.54) is 24.3 Å². The maximum absolute atomic E-state index is 13.0. The largest absolute Gasteiger partial charge is 0.399 e. The zero-order chi connectivity index (χ0) is 14.7. The Morgan fingerprint density at radius 2 is 2.00 bits per heavy atom. The van der Waals surface area contributed by atoms with Crippen LogP contribution in [0.2, 0.25) is 10.0 Å². The third-order valence-electron chi connectivity index (χ3n) is 2.64. The Morgan fingerprint density at radius 1 is 1.25 bits per heavy atom. The molecule has 0 saturated carbocycles. The minimum absolute atomic E-state index is 0.137. The number of nitrogens with one attached hydrogen (secondary N) is 1. The number of amides is 1. The van der Waals surface area contributed by atoms with E-state index in [0.29, 0.717) is 11.3 Å². The van der Waals surface area contributed by atoms with Gasteiger partial charge in [-0.2, -0.15) is 0 Å². The minimum atomic E-state index is -0.423. The second-order valence-electron chi connectivity index (χ2n) is 4.18. The van der Waals surface area contributed by atoms with Crippen LogP contribution in [0.3, 0.4) is 0 Å². The third kappa shape index (κ3) is 3.40. The van der Waals surface area contributed by atoms with Gasteiger partial charge < -0.3 is 11.1 Å². The summed E-state index contributed by atoms with van der Waals surface area (Å²) in [4.78, 5) is 12.0. The first-order valence-corrected chi connectivity index (χ1v) is 6.50. The lowest BCUT2D eigenvalue weighted by atomic mass is 10.1. The molecule has 0 spiro atoms. The van der Waals surface area contributed by atoms with E-state index in [2.05, 4.69) is 5.32 Å². The molecule has 2 aromatic carbocycles. The number of hydrogen-bond donors (Lipinski definition) is 2. The van der Waals surface area contributed by atoms with Crippen molar-refractivity contribution in [2.24, 2.45) is 0 Å². The molecule has 0 saturated heterocycles. The summed E-state index contributed by atoms with van der Waals surface area (Å²) in [6.45, 7) is 0.180. The monoisotopic (exact) mass is 312 g/mol. The van der Waals surface area contributed by atoms with Crippen molar-refractivity contribution < 1.29 is 9.18 Å².